The van der Waals surface area contributed by atoms with E-state index in [-0.39, 0.29) is 6.54 Å². The van der Waals surface area contributed by atoms with Crippen molar-refractivity contribution < 1.29 is 18.0 Å². The molecule has 0 saturated heterocycles. The zero-order valence-electron chi connectivity index (χ0n) is 8.92. The third-order valence-corrected chi connectivity index (χ3v) is 3.82. The minimum absolute atomic E-state index is 0.269. The molecule has 0 atom stereocenters. The van der Waals surface area contributed by atoms with Crippen LogP contribution in [0.3, 0.4) is 0 Å². The Kier molecular flexibility index (Phi) is 5.84. The molecule has 0 unspecified atom stereocenters. The van der Waals surface area contributed by atoms with Crippen molar-refractivity contribution in [3.05, 3.63) is 22.4 Å². The number of thiophene rings is 1. The Balaban J connectivity index is 2.02. The van der Waals surface area contributed by atoms with E-state index in [1.807, 2.05) is 17.5 Å². The minimum Gasteiger partial charge on any atom is -0.355 e. The number of alkyl halides is 3. The van der Waals surface area contributed by atoms with E-state index in [2.05, 4.69) is 5.32 Å². The number of amides is 1. The number of hydrogen-bond acceptors (Lipinski definition) is 3. The topological polar surface area (TPSA) is 29.1 Å². The average molecular weight is 283 g/mol. The van der Waals surface area contributed by atoms with Crippen molar-refractivity contribution >= 4 is 29.0 Å². The van der Waals surface area contributed by atoms with Crippen molar-refractivity contribution in [1.29, 1.82) is 0 Å². The summed E-state index contributed by atoms with van der Waals surface area (Å²) in [6, 6.07) is 3.95. The maximum absolute atomic E-state index is 11.8. The average Bonchev–Trinajstić information content (AvgIpc) is 2.67. The predicted octanol–water partition coefficient (Wildman–Crippen LogP) is 3.05. The Morgan fingerprint density at radius 1 is 1.47 bits per heavy atom. The first-order valence-electron chi connectivity index (χ1n) is 4.91. The molecule has 2 nitrogen and oxygen atoms in total. The molecule has 0 fully saturated rings. The Bertz CT molecular complexity index is 338. The van der Waals surface area contributed by atoms with Crippen molar-refractivity contribution in [3.8, 4) is 0 Å². The summed E-state index contributed by atoms with van der Waals surface area (Å²) in [6.45, 7) is 0.269. The van der Waals surface area contributed by atoms with Crippen LogP contribution in [-0.2, 0) is 10.5 Å². The van der Waals surface area contributed by atoms with Gasteiger partial charge in [0.1, 0.15) is 6.42 Å². The van der Waals surface area contributed by atoms with Gasteiger partial charge in [0.25, 0.3) is 0 Å². The van der Waals surface area contributed by atoms with Gasteiger partial charge >= 0.3 is 6.18 Å². The molecule has 1 heterocycles. The minimum atomic E-state index is -4.42. The number of nitrogens with one attached hydrogen (secondary N) is 1. The molecule has 0 saturated carbocycles. The van der Waals surface area contributed by atoms with Crippen LogP contribution in [0.2, 0.25) is 0 Å². The molecule has 0 aliphatic rings. The van der Waals surface area contributed by atoms with Crippen molar-refractivity contribution in [2.45, 2.75) is 18.3 Å². The summed E-state index contributed by atoms with van der Waals surface area (Å²) in [4.78, 5) is 12.0. The zero-order chi connectivity index (χ0) is 12.7. The number of rotatable bonds is 6. The lowest BCUT2D eigenvalue weighted by molar-refractivity contribution is -0.153. The van der Waals surface area contributed by atoms with E-state index in [1.165, 1.54) is 4.88 Å². The zero-order valence-corrected chi connectivity index (χ0v) is 10.6. The highest BCUT2D eigenvalue weighted by Crippen LogP contribution is 2.19. The first kappa shape index (κ1) is 14.4. The normalized spacial score (nSPS) is 11.5. The number of thioether (sulfide) groups is 1. The Hall–Kier alpha value is -0.690. The van der Waals surface area contributed by atoms with Crippen LogP contribution in [-0.4, -0.2) is 24.4 Å². The highest BCUT2D eigenvalue weighted by atomic mass is 32.2. The molecule has 0 radical (unpaired) electrons. The first-order valence-corrected chi connectivity index (χ1v) is 6.94. The SMILES string of the molecule is O=C(CC(F)(F)F)NCCSCc1cccs1. The van der Waals surface area contributed by atoms with E-state index in [4.69, 9.17) is 0 Å². The summed E-state index contributed by atoms with van der Waals surface area (Å²) in [6.07, 6.45) is -5.82. The monoisotopic (exact) mass is 283 g/mol. The quantitative estimate of drug-likeness (QED) is 0.813. The van der Waals surface area contributed by atoms with E-state index in [0.717, 1.165) is 5.75 Å². The third kappa shape index (κ3) is 7.27. The molecule has 0 bridgehead atoms. The molecule has 0 aromatic carbocycles. The number of carbonyl (C=O) groups excluding carboxylic acids is 1. The maximum Gasteiger partial charge on any atom is 0.397 e. The molecule has 1 aromatic rings. The van der Waals surface area contributed by atoms with Gasteiger partial charge in [0.05, 0.1) is 0 Å². The molecule has 1 aromatic heterocycles. The van der Waals surface area contributed by atoms with Gasteiger partial charge in [-0.05, 0) is 11.4 Å². The molecule has 1 N–H and O–H groups in total. The van der Waals surface area contributed by atoms with Crippen LogP contribution in [0.15, 0.2) is 17.5 Å². The second kappa shape index (κ2) is 6.90. The van der Waals surface area contributed by atoms with Gasteiger partial charge in [0, 0.05) is 22.9 Å². The van der Waals surface area contributed by atoms with Crippen LogP contribution in [0.4, 0.5) is 13.2 Å². The maximum atomic E-state index is 11.8. The van der Waals surface area contributed by atoms with E-state index in [1.54, 1.807) is 23.1 Å². The molecular weight excluding hydrogens is 271 g/mol. The largest absolute Gasteiger partial charge is 0.397 e. The van der Waals surface area contributed by atoms with Crippen molar-refractivity contribution in [2.24, 2.45) is 0 Å². The second-order valence-electron chi connectivity index (χ2n) is 3.27. The van der Waals surface area contributed by atoms with E-state index >= 15 is 0 Å². The number of halogens is 3. The Morgan fingerprint density at radius 2 is 2.24 bits per heavy atom. The number of carbonyl (C=O) groups is 1. The van der Waals surface area contributed by atoms with E-state index in [0.29, 0.717) is 5.75 Å². The number of hydrogen-bond donors (Lipinski definition) is 1. The summed E-state index contributed by atoms with van der Waals surface area (Å²) >= 11 is 3.22. The molecule has 96 valence electrons. The van der Waals surface area contributed by atoms with Crippen LogP contribution in [0.25, 0.3) is 0 Å². The Morgan fingerprint density at radius 3 is 2.82 bits per heavy atom. The lowest BCUT2D eigenvalue weighted by atomic mass is 10.4. The summed E-state index contributed by atoms with van der Waals surface area (Å²) in [7, 11) is 0. The van der Waals surface area contributed by atoms with Gasteiger partial charge in [-0.1, -0.05) is 6.07 Å². The molecule has 0 aliphatic heterocycles. The Labute approximate surface area is 106 Å². The lowest BCUT2D eigenvalue weighted by Crippen LogP contribution is -2.30. The smallest absolute Gasteiger partial charge is 0.355 e. The summed E-state index contributed by atoms with van der Waals surface area (Å²) in [5.74, 6) is 0.475. The van der Waals surface area contributed by atoms with Crippen LogP contribution >= 0.6 is 23.1 Å². The van der Waals surface area contributed by atoms with Gasteiger partial charge < -0.3 is 5.32 Å². The second-order valence-corrected chi connectivity index (χ2v) is 5.41. The molecule has 0 aliphatic carbocycles. The summed E-state index contributed by atoms with van der Waals surface area (Å²) in [5.41, 5.74) is 0. The summed E-state index contributed by atoms with van der Waals surface area (Å²) < 4.78 is 35.4. The highest BCUT2D eigenvalue weighted by molar-refractivity contribution is 7.98. The van der Waals surface area contributed by atoms with Crippen LogP contribution in [0.5, 0.6) is 0 Å². The van der Waals surface area contributed by atoms with E-state index < -0.39 is 18.5 Å². The fourth-order valence-corrected chi connectivity index (χ4v) is 2.77. The van der Waals surface area contributed by atoms with Crippen molar-refractivity contribution in [3.63, 3.8) is 0 Å². The van der Waals surface area contributed by atoms with Crippen LogP contribution < -0.4 is 5.32 Å². The molecule has 1 amide bonds. The summed E-state index contributed by atoms with van der Waals surface area (Å²) in [5, 5.41) is 4.22. The lowest BCUT2D eigenvalue weighted by Gasteiger charge is -2.07. The standard InChI is InChI=1S/C10H12F3NOS2/c11-10(12,13)6-9(15)14-3-5-16-7-8-2-1-4-17-8/h1-2,4H,3,5-7H2,(H,14,15). The molecule has 0 spiro atoms. The molecule has 17 heavy (non-hydrogen) atoms. The fourth-order valence-electron chi connectivity index (χ4n) is 1.07. The van der Waals surface area contributed by atoms with Crippen molar-refractivity contribution in [1.82, 2.24) is 5.32 Å². The van der Waals surface area contributed by atoms with Gasteiger partial charge in [-0.2, -0.15) is 24.9 Å². The first-order chi connectivity index (χ1) is 7.97. The van der Waals surface area contributed by atoms with Gasteiger partial charge in [-0.3, -0.25) is 4.79 Å². The molecular formula is C10H12F3NOS2. The van der Waals surface area contributed by atoms with Crippen LogP contribution in [0.1, 0.15) is 11.3 Å². The van der Waals surface area contributed by atoms with E-state index in [9.17, 15) is 18.0 Å². The fraction of sp³-hybridized carbons (Fsp3) is 0.500. The van der Waals surface area contributed by atoms with Gasteiger partial charge in [-0.25, -0.2) is 0 Å². The highest BCUT2D eigenvalue weighted by Gasteiger charge is 2.30. The van der Waals surface area contributed by atoms with Gasteiger partial charge in [-0.15, -0.1) is 11.3 Å². The molecule has 7 heteroatoms. The molecule has 1 rings (SSSR count). The van der Waals surface area contributed by atoms with Gasteiger partial charge in [0.2, 0.25) is 5.91 Å². The third-order valence-electron chi connectivity index (χ3n) is 1.75. The van der Waals surface area contributed by atoms with Crippen LogP contribution in [0, 0.1) is 0 Å². The predicted molar refractivity (Wildman–Crippen MR) is 64.2 cm³/mol. The van der Waals surface area contributed by atoms with Gasteiger partial charge in [0.15, 0.2) is 0 Å². The van der Waals surface area contributed by atoms with Crippen molar-refractivity contribution in [2.75, 3.05) is 12.3 Å².